The molecule has 13 N–H and O–H groups in total. The quantitative estimate of drug-likeness (QED) is 0.548. The third-order valence-electron chi connectivity index (χ3n) is 0. The molecule has 0 aromatic carbocycles. The number of carbonyl (C=O) groups is 1. The minimum absolute atomic E-state index is 0. The molecule has 94 valence electrons. The molecule has 0 fully saturated rings. The van der Waals surface area contributed by atoms with Crippen LogP contribution in [0.3, 0.4) is 0 Å². The monoisotopic (exact) mass is 264 g/mol. The van der Waals surface area contributed by atoms with Gasteiger partial charge in [0.25, 0.3) is 0 Å². The third-order valence-corrected chi connectivity index (χ3v) is 0. The van der Waals surface area contributed by atoms with E-state index in [0.29, 0.717) is 0 Å². The Bertz CT molecular complexity index is 80.3. The Balaban J connectivity index is -0.00000000600. The van der Waals surface area contributed by atoms with Gasteiger partial charge in [0, 0.05) is 0 Å². The maximum absolute atomic E-state index is 8.47. The van der Waals surface area contributed by atoms with Crippen molar-refractivity contribution in [3.8, 4) is 0 Å². The SMILES string of the molecule is O=C([O-])O.O=[N+](O)O.[Co+3].[NH2-].[NH2-].[NH2-].[NH2-].[NH2-]. The summed E-state index contributed by atoms with van der Waals surface area (Å²) >= 11 is 0. The van der Waals surface area contributed by atoms with Gasteiger partial charge in [-0.2, -0.15) is 0 Å². The molecule has 0 aromatic heterocycles. The molecule has 0 bridgehead atoms. The van der Waals surface area contributed by atoms with Crippen LogP contribution in [-0.4, -0.2) is 26.8 Å². The van der Waals surface area contributed by atoms with E-state index in [1.54, 1.807) is 0 Å². The van der Waals surface area contributed by atoms with Gasteiger partial charge in [0.1, 0.15) is 4.91 Å². The van der Waals surface area contributed by atoms with E-state index in [1.807, 2.05) is 0 Å². The van der Waals surface area contributed by atoms with Crippen molar-refractivity contribution in [2.45, 2.75) is 0 Å². The van der Waals surface area contributed by atoms with Gasteiger partial charge in [-0.25, -0.2) is 10.4 Å². The van der Waals surface area contributed by atoms with Gasteiger partial charge in [0.2, 0.25) is 6.16 Å². The minimum atomic E-state index is -2.08. The zero-order chi connectivity index (χ0) is 7.15. The average Bonchev–Trinajstić information content (AvgIpc) is 1.25. The summed E-state index contributed by atoms with van der Waals surface area (Å²) in [7, 11) is 0. The van der Waals surface area contributed by atoms with Gasteiger partial charge in [-0.15, -0.1) is 0 Å². The van der Waals surface area contributed by atoms with Crippen LogP contribution in [0.2, 0.25) is 0 Å². The fourth-order valence-corrected chi connectivity index (χ4v) is 0. The van der Waals surface area contributed by atoms with E-state index < -0.39 is 11.2 Å². The Kier molecular flexibility index (Phi) is 333. The molecule has 0 spiro atoms. The molecular formula is CH13CoN6O6-2. The molecule has 0 aliphatic rings. The van der Waals surface area contributed by atoms with E-state index in [1.165, 1.54) is 0 Å². The molecule has 0 saturated heterocycles. The number of hydrogen-bond acceptors (Lipinski definition) is 3. The standard InChI is InChI=1S/CH2O3.Co.H2NO3.5H2N/c2-1(3)4;;2-1(3)4;;;;;/h(H2,2,3,4);;(H2,2,3,4);5*1H2/q;+3;+1;5*-1/p-1. The molecular weight excluding hydrogens is 251 g/mol. The van der Waals surface area contributed by atoms with Crippen LogP contribution in [0.5, 0.6) is 0 Å². The average molecular weight is 264 g/mol. The Labute approximate surface area is 89.9 Å². The van der Waals surface area contributed by atoms with Crippen LogP contribution in [0, 0.1) is 4.91 Å². The summed E-state index contributed by atoms with van der Waals surface area (Å²) in [6.07, 6.45) is -2.08. The molecule has 0 amide bonds. The van der Waals surface area contributed by atoms with Crippen molar-refractivity contribution < 1.29 is 47.3 Å². The first-order valence-corrected chi connectivity index (χ1v) is 1.21. The van der Waals surface area contributed by atoms with Crippen molar-refractivity contribution >= 4 is 6.16 Å². The predicted octanol–water partition coefficient (Wildman–Crippen LogP) is 2.01. The second-order valence-electron chi connectivity index (χ2n) is 0.519. The normalized spacial score (nSPS) is 3.43. The Morgan fingerprint density at radius 3 is 1.00 bits per heavy atom. The van der Waals surface area contributed by atoms with E-state index in [-0.39, 0.29) is 47.5 Å². The topological polar surface area (TPSA) is 288 Å². The number of hydrogen-bond donors (Lipinski definition) is 3. The first kappa shape index (κ1) is 77.7. The van der Waals surface area contributed by atoms with Crippen molar-refractivity contribution in [1.29, 1.82) is 0 Å². The maximum atomic E-state index is 8.47. The van der Waals surface area contributed by atoms with Crippen molar-refractivity contribution in [2.75, 3.05) is 0 Å². The second kappa shape index (κ2) is 59.9. The molecule has 0 aromatic rings. The fourth-order valence-electron chi connectivity index (χ4n) is 0. The summed E-state index contributed by atoms with van der Waals surface area (Å²) in [6, 6.07) is 0. The van der Waals surface area contributed by atoms with Crippen LogP contribution in [0.15, 0.2) is 0 Å². The maximum Gasteiger partial charge on any atom is 3.00 e. The van der Waals surface area contributed by atoms with Crippen molar-refractivity contribution in [3.05, 3.63) is 35.7 Å². The first-order chi connectivity index (χ1) is 3.46. The van der Waals surface area contributed by atoms with Crippen molar-refractivity contribution in [2.24, 2.45) is 0 Å². The number of nitrogens with zero attached hydrogens (tertiary/aromatic N) is 1. The van der Waals surface area contributed by atoms with Crippen LogP contribution in [0.25, 0.3) is 30.8 Å². The molecule has 0 aliphatic carbocycles. The summed E-state index contributed by atoms with van der Waals surface area (Å²) in [5.74, 6) is 0. The zero-order valence-electron chi connectivity index (χ0n) is 6.73. The van der Waals surface area contributed by atoms with E-state index in [4.69, 9.17) is 30.3 Å². The van der Waals surface area contributed by atoms with E-state index in [9.17, 15) is 0 Å². The van der Waals surface area contributed by atoms with Crippen molar-refractivity contribution in [3.63, 3.8) is 0 Å². The van der Waals surface area contributed by atoms with Crippen LogP contribution >= 0.6 is 0 Å². The third kappa shape index (κ3) is 688. The molecule has 0 heterocycles. The van der Waals surface area contributed by atoms with Crippen molar-refractivity contribution in [1.82, 2.24) is 0 Å². The first-order valence-electron chi connectivity index (χ1n) is 1.21. The van der Waals surface area contributed by atoms with E-state index >= 15 is 0 Å². The smallest absolute Gasteiger partial charge is 0.693 e. The summed E-state index contributed by atoms with van der Waals surface area (Å²) in [5.41, 5.74) is 0. The van der Waals surface area contributed by atoms with E-state index in [0.717, 1.165) is 0 Å². The van der Waals surface area contributed by atoms with Crippen LogP contribution in [0.4, 0.5) is 4.79 Å². The summed E-state index contributed by atoms with van der Waals surface area (Å²) in [4.78, 5) is 16.9. The molecule has 0 atom stereocenters. The van der Waals surface area contributed by atoms with Gasteiger partial charge in [0.05, 0.1) is 0 Å². The minimum Gasteiger partial charge on any atom is -0.693 e. The van der Waals surface area contributed by atoms with Crippen LogP contribution in [-0.2, 0) is 16.8 Å². The van der Waals surface area contributed by atoms with Gasteiger partial charge < -0.3 is 45.8 Å². The second-order valence-corrected chi connectivity index (χ2v) is 0.519. The van der Waals surface area contributed by atoms with Crippen LogP contribution in [0.1, 0.15) is 0 Å². The Morgan fingerprint density at radius 2 is 1.00 bits per heavy atom. The van der Waals surface area contributed by atoms with Crippen LogP contribution < -0.4 is 5.11 Å². The fraction of sp³-hybridized carbons (Fsp3) is 0. The largest absolute Gasteiger partial charge is 3.00 e. The molecule has 12 nitrogen and oxygen atoms in total. The van der Waals surface area contributed by atoms with Gasteiger partial charge in [-0.1, -0.05) is 0 Å². The summed E-state index contributed by atoms with van der Waals surface area (Å²) in [6.45, 7) is 0. The molecule has 0 unspecified atom stereocenters. The van der Waals surface area contributed by atoms with E-state index in [2.05, 4.69) is 0 Å². The number of carboxylic acid groups (broad SMARTS) is 2. The molecule has 0 saturated carbocycles. The number of rotatable bonds is 0. The van der Waals surface area contributed by atoms with Gasteiger partial charge in [0.15, 0.2) is 0 Å². The summed E-state index contributed by atoms with van der Waals surface area (Å²) in [5, 5.41) is 27.8. The van der Waals surface area contributed by atoms with Gasteiger partial charge >= 0.3 is 21.9 Å². The van der Waals surface area contributed by atoms with Gasteiger partial charge in [-0.3, -0.25) is 0 Å². The Morgan fingerprint density at radius 1 is 1.00 bits per heavy atom. The van der Waals surface area contributed by atoms with Gasteiger partial charge in [-0.05, 0) is 0 Å². The zero-order valence-corrected chi connectivity index (χ0v) is 7.77. The number of nitrogens with two attached hydrogens (primary N) is 5. The molecule has 0 rings (SSSR count). The molecule has 0 radical (unpaired) electrons. The molecule has 14 heavy (non-hydrogen) atoms. The summed E-state index contributed by atoms with van der Waals surface area (Å²) < 4.78 is 0. The molecule has 13 heteroatoms. The Hall–Kier alpha value is -1.22. The predicted molar refractivity (Wildman–Crippen MR) is 41.6 cm³/mol. The molecule has 0 aliphatic heterocycles.